The Hall–Kier alpha value is -1.13. The molecule has 0 unspecified atom stereocenters. The first-order chi connectivity index (χ1) is 8.19. The fraction of sp³-hybridized carbons (Fsp3) is 0.500. The van der Waals surface area contributed by atoms with E-state index in [4.69, 9.17) is 30.9 Å². The van der Waals surface area contributed by atoms with Gasteiger partial charge in [-0.2, -0.15) is 0 Å². The van der Waals surface area contributed by atoms with Crippen molar-refractivity contribution >= 4 is 11.6 Å². The summed E-state index contributed by atoms with van der Waals surface area (Å²) in [6, 6.07) is 1.68. The maximum Gasteiger partial charge on any atom is 0.165 e. The summed E-state index contributed by atoms with van der Waals surface area (Å²) in [6.45, 7) is 0.0962. The Balaban J connectivity index is 3.28. The number of methoxy groups -OCH3 is 3. The summed E-state index contributed by atoms with van der Waals surface area (Å²) >= 11 is 6.22. The van der Waals surface area contributed by atoms with Crippen LogP contribution in [0.4, 0.5) is 0 Å². The van der Waals surface area contributed by atoms with Gasteiger partial charge in [-0.05, 0) is 12.8 Å². The summed E-state index contributed by atoms with van der Waals surface area (Å²) in [5.41, 5.74) is 0.791. The van der Waals surface area contributed by atoms with Gasteiger partial charge in [0.15, 0.2) is 11.5 Å². The topological polar surface area (TPSA) is 47.9 Å². The number of hydrogen-bond acceptors (Lipinski definition) is 4. The Labute approximate surface area is 106 Å². The summed E-state index contributed by atoms with van der Waals surface area (Å²) in [5, 5.41) is 9.39. The van der Waals surface area contributed by atoms with E-state index in [0.717, 1.165) is 5.56 Å². The van der Waals surface area contributed by atoms with Crippen molar-refractivity contribution in [3.05, 3.63) is 16.7 Å². The predicted molar refractivity (Wildman–Crippen MR) is 66.5 cm³/mol. The third-order valence-corrected chi connectivity index (χ3v) is 2.88. The van der Waals surface area contributed by atoms with Gasteiger partial charge in [-0.3, -0.25) is 0 Å². The number of benzene rings is 1. The standard InChI is InChI=1S/C12H17ClO4/c1-15-9-7-10(16-2)12(17-3)8(11(9)13)5-4-6-14/h7,14H,4-6H2,1-3H3. The number of aliphatic hydroxyl groups is 1. The molecule has 0 heterocycles. The Bertz CT molecular complexity index is 379. The molecule has 1 aromatic rings. The molecule has 0 fully saturated rings. The van der Waals surface area contributed by atoms with Gasteiger partial charge in [0.25, 0.3) is 0 Å². The van der Waals surface area contributed by atoms with Gasteiger partial charge in [0.05, 0.1) is 26.4 Å². The number of rotatable bonds is 6. The first-order valence-electron chi connectivity index (χ1n) is 5.27. The van der Waals surface area contributed by atoms with E-state index in [1.165, 1.54) is 0 Å². The largest absolute Gasteiger partial charge is 0.495 e. The molecule has 0 aliphatic carbocycles. The molecule has 1 rings (SSSR count). The second-order valence-electron chi connectivity index (χ2n) is 3.43. The monoisotopic (exact) mass is 260 g/mol. The number of ether oxygens (including phenoxy) is 3. The van der Waals surface area contributed by atoms with Crippen LogP contribution in [-0.4, -0.2) is 33.0 Å². The zero-order chi connectivity index (χ0) is 12.8. The van der Waals surface area contributed by atoms with E-state index in [1.54, 1.807) is 27.4 Å². The second kappa shape index (κ2) is 6.57. The third-order valence-electron chi connectivity index (χ3n) is 2.47. The van der Waals surface area contributed by atoms with E-state index in [-0.39, 0.29) is 6.61 Å². The number of halogens is 1. The van der Waals surface area contributed by atoms with Crippen LogP contribution in [0.1, 0.15) is 12.0 Å². The zero-order valence-corrected chi connectivity index (χ0v) is 11.0. The van der Waals surface area contributed by atoms with Crippen molar-refractivity contribution in [3.8, 4) is 17.2 Å². The molecule has 1 N–H and O–H groups in total. The maximum absolute atomic E-state index is 8.89. The smallest absolute Gasteiger partial charge is 0.165 e. The molecule has 0 aliphatic heterocycles. The summed E-state index contributed by atoms with van der Waals surface area (Å²) in [5.74, 6) is 1.70. The quantitative estimate of drug-likeness (QED) is 0.853. The van der Waals surface area contributed by atoms with Crippen molar-refractivity contribution in [3.63, 3.8) is 0 Å². The molecule has 0 spiro atoms. The molecule has 96 valence electrons. The molecule has 0 bridgehead atoms. The van der Waals surface area contributed by atoms with Crippen LogP contribution in [0.5, 0.6) is 17.2 Å². The molecule has 0 aromatic heterocycles. The Kier molecular flexibility index (Phi) is 5.38. The molecule has 5 heteroatoms. The fourth-order valence-corrected chi connectivity index (χ4v) is 1.96. The van der Waals surface area contributed by atoms with Gasteiger partial charge in [-0.1, -0.05) is 11.6 Å². The summed E-state index contributed by atoms with van der Waals surface area (Å²) < 4.78 is 15.7. The minimum atomic E-state index is 0.0962. The molecule has 0 saturated heterocycles. The van der Waals surface area contributed by atoms with Crippen molar-refractivity contribution < 1.29 is 19.3 Å². The van der Waals surface area contributed by atoms with Crippen LogP contribution in [0.15, 0.2) is 6.07 Å². The molecular formula is C12H17ClO4. The van der Waals surface area contributed by atoms with Crippen LogP contribution >= 0.6 is 11.6 Å². The lowest BCUT2D eigenvalue weighted by molar-refractivity contribution is 0.287. The van der Waals surface area contributed by atoms with E-state index >= 15 is 0 Å². The molecule has 1 aromatic carbocycles. The number of aliphatic hydroxyl groups excluding tert-OH is 1. The van der Waals surface area contributed by atoms with Crippen LogP contribution in [0.25, 0.3) is 0 Å². The van der Waals surface area contributed by atoms with E-state index < -0.39 is 0 Å². The number of hydrogen-bond donors (Lipinski definition) is 1. The van der Waals surface area contributed by atoms with Crippen molar-refractivity contribution in [2.75, 3.05) is 27.9 Å². The van der Waals surface area contributed by atoms with Gasteiger partial charge in [0.1, 0.15) is 5.75 Å². The van der Waals surface area contributed by atoms with Gasteiger partial charge in [-0.25, -0.2) is 0 Å². The van der Waals surface area contributed by atoms with Crippen LogP contribution in [-0.2, 0) is 6.42 Å². The summed E-state index contributed by atoms with van der Waals surface area (Å²) in [7, 11) is 4.66. The molecule has 0 amide bonds. The maximum atomic E-state index is 8.89. The normalized spacial score (nSPS) is 10.2. The lowest BCUT2D eigenvalue weighted by atomic mass is 10.1. The van der Waals surface area contributed by atoms with E-state index in [0.29, 0.717) is 35.1 Å². The van der Waals surface area contributed by atoms with Crippen LogP contribution < -0.4 is 14.2 Å². The fourth-order valence-electron chi connectivity index (χ4n) is 1.65. The highest BCUT2D eigenvalue weighted by atomic mass is 35.5. The van der Waals surface area contributed by atoms with Crippen molar-refractivity contribution in [1.29, 1.82) is 0 Å². The summed E-state index contributed by atoms with van der Waals surface area (Å²) in [4.78, 5) is 0. The van der Waals surface area contributed by atoms with Crippen LogP contribution in [0.2, 0.25) is 5.02 Å². The van der Waals surface area contributed by atoms with Crippen LogP contribution in [0, 0.1) is 0 Å². The molecular weight excluding hydrogens is 244 g/mol. The molecule has 0 aliphatic rings. The second-order valence-corrected chi connectivity index (χ2v) is 3.81. The Morgan fingerprint density at radius 3 is 2.24 bits per heavy atom. The minimum Gasteiger partial charge on any atom is -0.495 e. The molecule has 0 saturated carbocycles. The average Bonchev–Trinajstić information content (AvgIpc) is 2.36. The minimum absolute atomic E-state index is 0.0962. The lowest BCUT2D eigenvalue weighted by Gasteiger charge is -2.16. The molecule has 0 radical (unpaired) electrons. The predicted octanol–water partition coefficient (Wildman–Crippen LogP) is 2.29. The molecule has 4 nitrogen and oxygen atoms in total. The van der Waals surface area contributed by atoms with Gasteiger partial charge in [0, 0.05) is 18.2 Å². The first-order valence-corrected chi connectivity index (χ1v) is 5.65. The lowest BCUT2D eigenvalue weighted by Crippen LogP contribution is -2.00. The summed E-state index contributed by atoms with van der Waals surface area (Å²) in [6.07, 6.45) is 1.21. The van der Waals surface area contributed by atoms with E-state index in [2.05, 4.69) is 0 Å². The van der Waals surface area contributed by atoms with E-state index in [1.807, 2.05) is 0 Å². The highest BCUT2D eigenvalue weighted by molar-refractivity contribution is 6.33. The average molecular weight is 261 g/mol. The molecule has 0 atom stereocenters. The Morgan fingerprint density at radius 2 is 1.76 bits per heavy atom. The highest BCUT2D eigenvalue weighted by Gasteiger charge is 2.18. The highest BCUT2D eigenvalue weighted by Crippen LogP contribution is 2.42. The van der Waals surface area contributed by atoms with Gasteiger partial charge >= 0.3 is 0 Å². The van der Waals surface area contributed by atoms with E-state index in [9.17, 15) is 0 Å². The van der Waals surface area contributed by atoms with Gasteiger partial charge in [-0.15, -0.1) is 0 Å². The molecule has 17 heavy (non-hydrogen) atoms. The van der Waals surface area contributed by atoms with Gasteiger partial charge < -0.3 is 19.3 Å². The first kappa shape index (κ1) is 13.9. The van der Waals surface area contributed by atoms with Crippen molar-refractivity contribution in [1.82, 2.24) is 0 Å². The SMILES string of the molecule is COc1cc(OC)c(OC)c(CCCO)c1Cl. The zero-order valence-electron chi connectivity index (χ0n) is 10.2. The van der Waals surface area contributed by atoms with Crippen molar-refractivity contribution in [2.45, 2.75) is 12.8 Å². The van der Waals surface area contributed by atoms with Gasteiger partial charge in [0.2, 0.25) is 0 Å². The Morgan fingerprint density at radius 1 is 1.12 bits per heavy atom. The van der Waals surface area contributed by atoms with Crippen molar-refractivity contribution in [2.24, 2.45) is 0 Å². The third kappa shape index (κ3) is 2.96. The van der Waals surface area contributed by atoms with Crippen LogP contribution in [0.3, 0.4) is 0 Å².